The zero-order valence-corrected chi connectivity index (χ0v) is 17.5. The van der Waals surface area contributed by atoms with Crippen LogP contribution in [0.1, 0.15) is 12.5 Å². The lowest BCUT2D eigenvalue weighted by molar-refractivity contribution is -0.123. The third kappa shape index (κ3) is 4.10. The van der Waals surface area contributed by atoms with Crippen molar-refractivity contribution in [3.63, 3.8) is 0 Å². The van der Waals surface area contributed by atoms with Gasteiger partial charge in [-0.25, -0.2) is 12.7 Å². The topological polar surface area (TPSA) is 96.0 Å². The van der Waals surface area contributed by atoms with Gasteiger partial charge in [-0.05, 0) is 36.8 Å². The summed E-state index contributed by atoms with van der Waals surface area (Å²) in [6.45, 7) is 3.18. The van der Waals surface area contributed by atoms with Crippen LogP contribution in [0, 0.1) is 6.92 Å². The van der Waals surface area contributed by atoms with E-state index in [0.717, 1.165) is 4.31 Å². The number of nitrogens with zero attached hydrogens (tertiary/aromatic N) is 2. The second kappa shape index (κ2) is 7.84. The van der Waals surface area contributed by atoms with Crippen molar-refractivity contribution in [3.05, 3.63) is 48.0 Å². The molecule has 2 aromatic rings. The van der Waals surface area contributed by atoms with Crippen LogP contribution >= 0.6 is 0 Å². The number of anilines is 2. The number of ether oxygens (including phenoxy) is 1. The summed E-state index contributed by atoms with van der Waals surface area (Å²) < 4.78 is 31.9. The fraction of sp³-hybridized carbons (Fsp3) is 0.300. The molecule has 0 fully saturated rings. The zero-order valence-electron chi connectivity index (χ0n) is 16.7. The molecule has 1 aliphatic rings. The number of hydrogen-bond acceptors (Lipinski definition) is 5. The normalized spacial score (nSPS) is 16.2. The standard InChI is InChI=1S/C20H23N3O5S/c1-13-9-10-15(11-19(13)29(26,27)22(3)4)21-20(25)18-12-23(14(2)24)16-7-5-6-8-17(16)28-18/h5-11,18H,12H2,1-4H3,(H,21,25). The van der Waals surface area contributed by atoms with Crippen molar-refractivity contribution < 1.29 is 22.7 Å². The summed E-state index contributed by atoms with van der Waals surface area (Å²) in [5, 5.41) is 2.70. The summed E-state index contributed by atoms with van der Waals surface area (Å²) in [5.74, 6) is -0.232. The lowest BCUT2D eigenvalue weighted by atomic mass is 10.1. The van der Waals surface area contributed by atoms with Crippen LogP contribution in [0.25, 0.3) is 0 Å². The molecule has 0 bridgehead atoms. The molecule has 1 atom stereocenters. The van der Waals surface area contributed by atoms with E-state index in [-0.39, 0.29) is 17.3 Å². The van der Waals surface area contributed by atoms with Gasteiger partial charge in [0.15, 0.2) is 6.10 Å². The van der Waals surface area contributed by atoms with Crippen LogP contribution in [-0.2, 0) is 19.6 Å². The number of sulfonamides is 1. The van der Waals surface area contributed by atoms with Crippen LogP contribution in [-0.4, -0.2) is 51.3 Å². The Hall–Kier alpha value is -2.91. The maximum Gasteiger partial charge on any atom is 0.267 e. The zero-order chi connectivity index (χ0) is 21.3. The van der Waals surface area contributed by atoms with Gasteiger partial charge in [0.2, 0.25) is 15.9 Å². The molecular weight excluding hydrogens is 394 g/mol. The number of amides is 2. The van der Waals surface area contributed by atoms with Crippen LogP contribution in [0.3, 0.4) is 0 Å². The quantitative estimate of drug-likeness (QED) is 0.821. The Morgan fingerprint density at radius 2 is 1.86 bits per heavy atom. The van der Waals surface area contributed by atoms with E-state index in [2.05, 4.69) is 5.32 Å². The first-order valence-electron chi connectivity index (χ1n) is 8.99. The van der Waals surface area contributed by atoms with Gasteiger partial charge < -0.3 is 15.0 Å². The van der Waals surface area contributed by atoms with Gasteiger partial charge in [0.05, 0.1) is 17.1 Å². The van der Waals surface area contributed by atoms with Gasteiger partial charge in [0.25, 0.3) is 5.91 Å². The van der Waals surface area contributed by atoms with Crippen LogP contribution < -0.4 is 15.0 Å². The van der Waals surface area contributed by atoms with Crippen molar-refractivity contribution in [2.45, 2.75) is 24.8 Å². The first-order chi connectivity index (χ1) is 13.6. The average molecular weight is 417 g/mol. The first-order valence-corrected chi connectivity index (χ1v) is 10.4. The van der Waals surface area contributed by atoms with Crippen molar-refractivity contribution in [2.24, 2.45) is 0 Å². The van der Waals surface area contributed by atoms with Gasteiger partial charge in [-0.15, -0.1) is 0 Å². The maximum absolute atomic E-state index is 12.8. The maximum atomic E-state index is 12.8. The molecular formula is C20H23N3O5S. The Labute approximate surface area is 170 Å². The third-order valence-electron chi connectivity index (χ3n) is 4.66. The molecule has 8 nitrogen and oxygen atoms in total. The van der Waals surface area contributed by atoms with Crippen LogP contribution in [0.5, 0.6) is 5.75 Å². The van der Waals surface area contributed by atoms with E-state index in [1.807, 2.05) is 0 Å². The minimum absolute atomic E-state index is 0.0624. The predicted molar refractivity (Wildman–Crippen MR) is 110 cm³/mol. The lowest BCUT2D eigenvalue weighted by Crippen LogP contribution is -2.48. The van der Waals surface area contributed by atoms with Gasteiger partial charge in [0.1, 0.15) is 5.75 Å². The number of nitrogens with one attached hydrogen (secondary N) is 1. The number of carbonyl (C=O) groups excluding carboxylic acids is 2. The van der Waals surface area contributed by atoms with Crippen molar-refractivity contribution in [2.75, 3.05) is 30.9 Å². The molecule has 0 aromatic heterocycles. The van der Waals surface area contributed by atoms with Gasteiger partial charge in [0, 0.05) is 26.7 Å². The highest BCUT2D eigenvalue weighted by Crippen LogP contribution is 2.33. The predicted octanol–water partition coefficient (Wildman–Crippen LogP) is 2.00. The number of rotatable bonds is 4. The molecule has 2 amide bonds. The summed E-state index contributed by atoms with van der Waals surface area (Å²) in [6, 6.07) is 11.7. The Morgan fingerprint density at radius 3 is 2.52 bits per heavy atom. The van der Waals surface area contributed by atoms with E-state index in [0.29, 0.717) is 22.7 Å². The Morgan fingerprint density at radius 1 is 1.17 bits per heavy atom. The Balaban J connectivity index is 1.85. The van der Waals surface area contributed by atoms with Gasteiger partial charge in [-0.2, -0.15) is 0 Å². The van der Waals surface area contributed by atoms with Crippen molar-refractivity contribution >= 4 is 33.2 Å². The minimum atomic E-state index is -3.65. The lowest BCUT2D eigenvalue weighted by Gasteiger charge is -2.33. The molecule has 0 aliphatic carbocycles. The SMILES string of the molecule is CC(=O)N1CC(C(=O)Nc2ccc(C)c(S(=O)(=O)N(C)C)c2)Oc2ccccc21. The monoisotopic (exact) mass is 417 g/mol. The first kappa shape index (κ1) is 20.8. The van der Waals surface area contributed by atoms with Crippen molar-refractivity contribution in [1.82, 2.24) is 4.31 Å². The molecule has 0 spiro atoms. The second-order valence-corrected chi connectivity index (χ2v) is 9.08. The molecule has 3 rings (SSSR count). The Kier molecular flexibility index (Phi) is 5.63. The molecule has 1 unspecified atom stereocenters. The van der Waals surface area contributed by atoms with Crippen molar-refractivity contribution in [1.29, 1.82) is 0 Å². The molecule has 29 heavy (non-hydrogen) atoms. The molecule has 9 heteroatoms. The van der Waals surface area contributed by atoms with Crippen molar-refractivity contribution in [3.8, 4) is 5.75 Å². The molecule has 0 saturated heterocycles. The smallest absolute Gasteiger partial charge is 0.267 e. The highest BCUT2D eigenvalue weighted by Gasteiger charge is 2.32. The van der Waals surface area contributed by atoms with E-state index in [1.54, 1.807) is 43.3 Å². The molecule has 2 aromatic carbocycles. The van der Waals surface area contributed by atoms with Gasteiger partial charge >= 0.3 is 0 Å². The van der Waals surface area contributed by atoms with Gasteiger partial charge in [-0.3, -0.25) is 9.59 Å². The molecule has 1 heterocycles. The third-order valence-corrected chi connectivity index (χ3v) is 6.62. The van der Waals surface area contributed by atoms with E-state index in [9.17, 15) is 18.0 Å². The number of fused-ring (bicyclic) bond motifs is 1. The van der Waals surface area contributed by atoms with E-state index in [1.165, 1.54) is 32.0 Å². The Bertz CT molecular complexity index is 1070. The van der Waals surface area contributed by atoms with Crippen LogP contribution in [0.4, 0.5) is 11.4 Å². The van der Waals surface area contributed by atoms with Gasteiger partial charge in [-0.1, -0.05) is 18.2 Å². The number of benzene rings is 2. The number of aryl methyl sites for hydroxylation is 1. The highest BCUT2D eigenvalue weighted by atomic mass is 32.2. The summed E-state index contributed by atoms with van der Waals surface area (Å²) in [7, 11) is -0.757. The molecule has 0 saturated carbocycles. The summed E-state index contributed by atoms with van der Waals surface area (Å²) in [5.41, 5.74) is 1.51. The van der Waals surface area contributed by atoms with E-state index >= 15 is 0 Å². The molecule has 1 aliphatic heterocycles. The molecule has 1 N–H and O–H groups in total. The fourth-order valence-electron chi connectivity index (χ4n) is 3.04. The largest absolute Gasteiger partial charge is 0.476 e. The van der Waals surface area contributed by atoms with Crippen LogP contribution in [0.2, 0.25) is 0 Å². The number of para-hydroxylation sites is 2. The van der Waals surface area contributed by atoms with Crippen LogP contribution in [0.15, 0.2) is 47.4 Å². The molecule has 0 radical (unpaired) electrons. The average Bonchev–Trinajstić information content (AvgIpc) is 2.68. The minimum Gasteiger partial charge on any atom is -0.476 e. The van der Waals surface area contributed by atoms with E-state index < -0.39 is 22.0 Å². The second-order valence-electron chi connectivity index (χ2n) is 6.96. The highest BCUT2D eigenvalue weighted by molar-refractivity contribution is 7.89. The number of carbonyl (C=O) groups is 2. The fourth-order valence-corrected chi connectivity index (χ4v) is 4.19. The molecule has 154 valence electrons. The van der Waals surface area contributed by atoms with E-state index in [4.69, 9.17) is 4.74 Å². The number of hydrogen-bond donors (Lipinski definition) is 1. The summed E-state index contributed by atoms with van der Waals surface area (Å²) in [6.07, 6.45) is -0.927. The summed E-state index contributed by atoms with van der Waals surface area (Å²) >= 11 is 0. The summed E-state index contributed by atoms with van der Waals surface area (Å²) in [4.78, 5) is 26.4.